The fraction of sp³-hybridized carbons (Fsp3) is 0.143. The number of nitrogens with zero attached hydrogens (tertiary/aromatic N) is 1. The number of nitrogens with one attached hydrogen (secondary N) is 1. The van der Waals surface area contributed by atoms with Crippen LogP contribution in [0.5, 0.6) is 0 Å². The first-order valence-electron chi connectivity index (χ1n) is 5.44. The summed E-state index contributed by atoms with van der Waals surface area (Å²) in [4.78, 5) is 3.06. The Morgan fingerprint density at radius 2 is 1.83 bits per heavy atom. The smallest absolute Gasteiger partial charge is 0.122 e. The van der Waals surface area contributed by atoms with E-state index in [0.717, 1.165) is 26.9 Å². The van der Waals surface area contributed by atoms with E-state index in [9.17, 15) is 5.26 Å². The molecule has 0 bridgehead atoms. The van der Waals surface area contributed by atoms with Crippen LogP contribution in [0.3, 0.4) is 0 Å². The van der Waals surface area contributed by atoms with Crippen molar-refractivity contribution in [1.29, 1.82) is 5.26 Å². The summed E-state index contributed by atoms with van der Waals surface area (Å²) in [5.41, 5.74) is 4.52. The van der Waals surface area contributed by atoms with Crippen LogP contribution in [0.2, 0.25) is 0 Å². The van der Waals surface area contributed by atoms with Gasteiger partial charge >= 0.3 is 0 Å². The van der Waals surface area contributed by atoms with Crippen LogP contribution >= 0.6 is 28.1 Å². The zero-order chi connectivity index (χ0) is 13.3. The molecule has 2 aromatic rings. The van der Waals surface area contributed by atoms with E-state index < -0.39 is 0 Å². The van der Waals surface area contributed by atoms with Gasteiger partial charge in [0.05, 0.1) is 5.56 Å². The molecule has 1 aromatic carbocycles. The van der Waals surface area contributed by atoms with Crippen molar-refractivity contribution < 1.29 is 0 Å². The normalized spacial score (nSPS) is 10.1. The molecule has 0 aliphatic rings. The number of rotatable bonds is 1. The SMILES string of the molecule is Cc1[nH]c(=S)c(C#N)c(-c2ccc(Br)cc2)c1C. The molecule has 90 valence electrons. The van der Waals surface area contributed by atoms with Crippen LogP contribution in [0.1, 0.15) is 16.8 Å². The van der Waals surface area contributed by atoms with Crippen molar-refractivity contribution in [1.82, 2.24) is 4.98 Å². The van der Waals surface area contributed by atoms with E-state index in [4.69, 9.17) is 12.2 Å². The Kier molecular flexibility index (Phi) is 3.65. The average molecular weight is 319 g/mol. The summed E-state index contributed by atoms with van der Waals surface area (Å²) in [5.74, 6) is 0. The maximum Gasteiger partial charge on any atom is 0.122 e. The molecule has 0 radical (unpaired) electrons. The number of aromatic nitrogens is 1. The van der Waals surface area contributed by atoms with Crippen LogP contribution in [0.4, 0.5) is 0 Å². The topological polar surface area (TPSA) is 39.6 Å². The van der Waals surface area contributed by atoms with E-state index in [-0.39, 0.29) is 0 Å². The first kappa shape index (κ1) is 13.0. The van der Waals surface area contributed by atoms with Gasteiger partial charge in [0, 0.05) is 15.7 Å². The van der Waals surface area contributed by atoms with E-state index >= 15 is 0 Å². The van der Waals surface area contributed by atoms with Crippen molar-refractivity contribution in [3.05, 3.63) is 50.2 Å². The second kappa shape index (κ2) is 5.05. The van der Waals surface area contributed by atoms with Gasteiger partial charge in [-0.15, -0.1) is 0 Å². The Morgan fingerprint density at radius 3 is 2.39 bits per heavy atom. The third-order valence-electron chi connectivity index (χ3n) is 2.96. The molecule has 0 saturated carbocycles. The summed E-state index contributed by atoms with van der Waals surface area (Å²) in [7, 11) is 0. The molecule has 1 aromatic heterocycles. The molecule has 2 rings (SSSR count). The molecule has 18 heavy (non-hydrogen) atoms. The van der Waals surface area contributed by atoms with Gasteiger partial charge < -0.3 is 4.98 Å². The number of aromatic amines is 1. The highest BCUT2D eigenvalue weighted by Crippen LogP contribution is 2.29. The van der Waals surface area contributed by atoms with Gasteiger partial charge in [-0.25, -0.2) is 0 Å². The van der Waals surface area contributed by atoms with E-state index in [2.05, 4.69) is 27.0 Å². The molecule has 0 aliphatic carbocycles. The molecular weight excluding hydrogens is 308 g/mol. The highest BCUT2D eigenvalue weighted by Gasteiger charge is 2.12. The van der Waals surface area contributed by atoms with Gasteiger partial charge in [0.25, 0.3) is 0 Å². The summed E-state index contributed by atoms with van der Waals surface area (Å²) >= 11 is 8.63. The number of hydrogen-bond donors (Lipinski definition) is 1. The monoisotopic (exact) mass is 318 g/mol. The first-order valence-corrected chi connectivity index (χ1v) is 6.64. The van der Waals surface area contributed by atoms with Crippen molar-refractivity contribution in [3.63, 3.8) is 0 Å². The zero-order valence-electron chi connectivity index (χ0n) is 10.0. The van der Waals surface area contributed by atoms with Gasteiger partial charge in [0.1, 0.15) is 10.7 Å². The Balaban J connectivity index is 2.82. The van der Waals surface area contributed by atoms with Crippen molar-refractivity contribution in [3.8, 4) is 17.2 Å². The molecule has 1 heterocycles. The lowest BCUT2D eigenvalue weighted by molar-refractivity contribution is 1.13. The minimum atomic E-state index is 0.499. The van der Waals surface area contributed by atoms with Gasteiger partial charge in [0.2, 0.25) is 0 Å². The zero-order valence-corrected chi connectivity index (χ0v) is 12.4. The largest absolute Gasteiger partial charge is 0.349 e. The number of aryl methyl sites for hydroxylation is 1. The molecule has 0 aliphatic heterocycles. The number of halogens is 1. The lowest BCUT2D eigenvalue weighted by Crippen LogP contribution is -1.97. The Bertz CT molecular complexity index is 693. The van der Waals surface area contributed by atoms with E-state index in [1.54, 1.807) is 0 Å². The van der Waals surface area contributed by atoms with Gasteiger partial charge in [-0.05, 0) is 37.1 Å². The number of H-pyrrole nitrogens is 1. The van der Waals surface area contributed by atoms with Crippen LogP contribution in [0.15, 0.2) is 28.7 Å². The minimum absolute atomic E-state index is 0.499. The summed E-state index contributed by atoms with van der Waals surface area (Å²) < 4.78 is 1.51. The van der Waals surface area contributed by atoms with Crippen molar-refractivity contribution in [2.75, 3.05) is 0 Å². The molecular formula is C14H11BrN2S. The standard InChI is InChI=1S/C14H11BrN2S/c1-8-9(2)17-14(18)12(7-16)13(8)10-3-5-11(15)6-4-10/h3-6H,1-2H3,(H,17,18). The molecule has 0 amide bonds. The van der Waals surface area contributed by atoms with Gasteiger partial charge in [0.15, 0.2) is 0 Å². The summed E-state index contributed by atoms with van der Waals surface area (Å²) in [6.45, 7) is 3.97. The van der Waals surface area contributed by atoms with Crippen molar-refractivity contribution in [2.24, 2.45) is 0 Å². The van der Waals surface area contributed by atoms with Crippen LogP contribution in [-0.4, -0.2) is 4.98 Å². The Hall–Kier alpha value is -1.44. The van der Waals surface area contributed by atoms with Gasteiger partial charge in [-0.1, -0.05) is 40.3 Å². The molecule has 0 atom stereocenters. The fourth-order valence-electron chi connectivity index (χ4n) is 1.90. The molecule has 0 unspecified atom stereocenters. The average Bonchev–Trinajstić information content (AvgIpc) is 2.35. The van der Waals surface area contributed by atoms with E-state index in [0.29, 0.717) is 10.2 Å². The molecule has 2 nitrogen and oxygen atoms in total. The third kappa shape index (κ3) is 2.24. The predicted octanol–water partition coefficient (Wildman–Crippen LogP) is 4.66. The number of pyridine rings is 1. The second-order valence-corrected chi connectivity index (χ2v) is 5.40. The molecule has 0 fully saturated rings. The highest BCUT2D eigenvalue weighted by molar-refractivity contribution is 9.10. The maximum absolute atomic E-state index is 9.28. The van der Waals surface area contributed by atoms with Gasteiger partial charge in [-0.3, -0.25) is 0 Å². The third-order valence-corrected chi connectivity index (χ3v) is 3.80. The fourth-order valence-corrected chi connectivity index (χ4v) is 2.46. The molecule has 0 spiro atoms. The van der Waals surface area contributed by atoms with Crippen molar-refractivity contribution in [2.45, 2.75) is 13.8 Å². The summed E-state index contributed by atoms with van der Waals surface area (Å²) in [5, 5.41) is 9.28. The Labute approximate surface area is 119 Å². The Morgan fingerprint density at radius 1 is 1.22 bits per heavy atom. The molecule has 1 N–H and O–H groups in total. The number of benzene rings is 1. The minimum Gasteiger partial charge on any atom is -0.349 e. The lowest BCUT2D eigenvalue weighted by Gasteiger charge is -2.11. The molecule has 0 saturated heterocycles. The van der Waals surface area contributed by atoms with Crippen LogP contribution in [0, 0.1) is 29.8 Å². The second-order valence-electron chi connectivity index (χ2n) is 4.07. The van der Waals surface area contributed by atoms with Crippen molar-refractivity contribution >= 4 is 28.1 Å². The predicted molar refractivity (Wildman–Crippen MR) is 79.0 cm³/mol. The summed E-state index contributed by atoms with van der Waals surface area (Å²) in [6, 6.07) is 10.1. The van der Waals surface area contributed by atoms with Gasteiger partial charge in [-0.2, -0.15) is 5.26 Å². The molecule has 4 heteroatoms. The number of nitriles is 1. The lowest BCUT2D eigenvalue weighted by atomic mass is 9.96. The van der Waals surface area contributed by atoms with E-state index in [1.807, 2.05) is 38.1 Å². The van der Waals surface area contributed by atoms with Crippen LogP contribution in [0.25, 0.3) is 11.1 Å². The summed E-state index contributed by atoms with van der Waals surface area (Å²) in [6.07, 6.45) is 0. The van der Waals surface area contributed by atoms with Crippen LogP contribution < -0.4 is 0 Å². The van der Waals surface area contributed by atoms with Crippen LogP contribution in [-0.2, 0) is 0 Å². The number of hydrogen-bond acceptors (Lipinski definition) is 2. The maximum atomic E-state index is 9.28. The van der Waals surface area contributed by atoms with E-state index in [1.165, 1.54) is 0 Å². The quantitative estimate of drug-likeness (QED) is 0.776. The first-order chi connectivity index (χ1) is 8.54. The highest BCUT2D eigenvalue weighted by atomic mass is 79.9.